The van der Waals surface area contributed by atoms with E-state index in [2.05, 4.69) is 12.1 Å². The van der Waals surface area contributed by atoms with Gasteiger partial charge < -0.3 is 14.6 Å². The molecule has 0 unspecified atom stereocenters. The molecule has 0 aromatic heterocycles. The predicted octanol–water partition coefficient (Wildman–Crippen LogP) is 5.41. The lowest BCUT2D eigenvalue weighted by Crippen LogP contribution is -2.59. The Labute approximate surface area is 189 Å². The lowest BCUT2D eigenvalue weighted by molar-refractivity contribution is -0.390. The molecule has 5 aliphatic carbocycles. The molecule has 0 radical (unpaired) electrons. The van der Waals surface area contributed by atoms with E-state index in [0.29, 0.717) is 23.5 Å². The number of carboxylic acid groups (broad SMARTS) is 1. The molecule has 6 nitrogen and oxygen atoms in total. The predicted molar refractivity (Wildman–Crippen MR) is 116 cm³/mol. The third-order valence-corrected chi connectivity index (χ3v) is 8.93. The molecular formula is C26H34O6. The van der Waals surface area contributed by atoms with Crippen molar-refractivity contribution in [2.75, 3.05) is 0 Å². The maximum absolute atomic E-state index is 11.3. The molecule has 0 atom stereocenters. The summed E-state index contributed by atoms with van der Waals surface area (Å²) in [6.45, 7) is 3.12. The second kappa shape index (κ2) is 7.18. The van der Waals surface area contributed by atoms with Crippen LogP contribution in [-0.4, -0.2) is 28.3 Å². The molecule has 6 heteroatoms. The molecule has 174 valence electrons. The summed E-state index contributed by atoms with van der Waals surface area (Å²) in [6.07, 6.45) is 10.0. The Kier molecular flexibility index (Phi) is 4.70. The molecule has 2 spiro atoms. The van der Waals surface area contributed by atoms with Gasteiger partial charge in [-0.25, -0.2) is 4.79 Å². The molecule has 5 saturated carbocycles. The first-order chi connectivity index (χ1) is 15.3. The van der Waals surface area contributed by atoms with Crippen LogP contribution in [-0.2, 0) is 19.3 Å². The molecule has 4 bridgehead atoms. The number of rotatable bonds is 4. The van der Waals surface area contributed by atoms with Crippen LogP contribution in [0.25, 0.3) is 0 Å². The molecule has 1 aromatic rings. The highest BCUT2D eigenvalue weighted by atomic mass is 17.3. The molecule has 6 aliphatic rings. The molecule has 1 aliphatic heterocycles. The normalized spacial score (nSPS) is 42.6. The monoisotopic (exact) mass is 442 g/mol. The molecule has 1 heterocycles. The van der Waals surface area contributed by atoms with Gasteiger partial charge in [-0.3, -0.25) is 0 Å². The van der Waals surface area contributed by atoms with Crippen molar-refractivity contribution < 1.29 is 29.1 Å². The smallest absolute Gasteiger partial charge is 0.347 e. The van der Waals surface area contributed by atoms with E-state index in [1.807, 2.05) is 12.1 Å². The fraction of sp³-hybridized carbons (Fsp3) is 0.731. The standard InChI is InChI=1S/C26H34O6/c1-24(2,23(27)28)29-22-5-3-18(4-6-22)19-7-9-25(10-8-19)30-26(32-31-25)20-12-16-11-17(14-20)15-21(26)13-16/h3-6,16-17,19-21H,7-15H2,1-2H3,(H,27,28). The van der Waals surface area contributed by atoms with Crippen LogP contribution >= 0.6 is 0 Å². The third-order valence-electron chi connectivity index (χ3n) is 8.93. The number of carbonyl (C=O) groups is 1. The Morgan fingerprint density at radius 1 is 0.969 bits per heavy atom. The number of carboxylic acids is 1. The van der Waals surface area contributed by atoms with E-state index in [-0.39, 0.29) is 0 Å². The second-order valence-electron chi connectivity index (χ2n) is 11.5. The highest BCUT2D eigenvalue weighted by molar-refractivity contribution is 5.76. The van der Waals surface area contributed by atoms with Gasteiger partial charge in [0.05, 0.1) is 0 Å². The van der Waals surface area contributed by atoms with Crippen molar-refractivity contribution in [3.05, 3.63) is 29.8 Å². The molecular weight excluding hydrogens is 408 g/mol. The third kappa shape index (κ3) is 3.29. The van der Waals surface area contributed by atoms with Crippen LogP contribution in [0, 0.1) is 23.7 Å². The van der Waals surface area contributed by atoms with E-state index in [9.17, 15) is 9.90 Å². The van der Waals surface area contributed by atoms with Crippen LogP contribution in [0.1, 0.15) is 83.1 Å². The fourth-order valence-electron chi connectivity index (χ4n) is 7.33. The summed E-state index contributed by atoms with van der Waals surface area (Å²) in [5.74, 6) is 1.70. The summed E-state index contributed by atoms with van der Waals surface area (Å²) in [6, 6.07) is 7.86. The lowest BCUT2D eigenvalue weighted by atomic mass is 9.53. The number of hydrogen-bond acceptors (Lipinski definition) is 5. The maximum Gasteiger partial charge on any atom is 0.347 e. The zero-order valence-electron chi connectivity index (χ0n) is 19.0. The highest BCUT2D eigenvalue weighted by Crippen LogP contribution is 2.64. The largest absolute Gasteiger partial charge is 0.478 e. The average Bonchev–Trinajstić information content (AvgIpc) is 3.12. The van der Waals surface area contributed by atoms with Crippen LogP contribution in [0.5, 0.6) is 5.75 Å². The Bertz CT molecular complexity index is 854. The van der Waals surface area contributed by atoms with Crippen molar-refractivity contribution >= 4 is 5.97 Å². The first-order valence-corrected chi connectivity index (χ1v) is 12.4. The van der Waals surface area contributed by atoms with E-state index in [4.69, 9.17) is 19.2 Å². The van der Waals surface area contributed by atoms with E-state index < -0.39 is 23.1 Å². The minimum atomic E-state index is -1.25. The second-order valence-corrected chi connectivity index (χ2v) is 11.5. The highest BCUT2D eigenvalue weighted by Gasteiger charge is 2.66. The molecule has 32 heavy (non-hydrogen) atoms. The average molecular weight is 443 g/mol. The fourth-order valence-corrected chi connectivity index (χ4v) is 7.33. The van der Waals surface area contributed by atoms with Crippen molar-refractivity contribution in [1.29, 1.82) is 0 Å². The number of ether oxygens (including phenoxy) is 2. The van der Waals surface area contributed by atoms with Gasteiger partial charge in [0.1, 0.15) is 5.75 Å². The van der Waals surface area contributed by atoms with Gasteiger partial charge >= 0.3 is 5.97 Å². The molecule has 0 amide bonds. The maximum atomic E-state index is 11.3. The van der Waals surface area contributed by atoms with E-state index >= 15 is 0 Å². The SMILES string of the molecule is CC(C)(Oc1ccc(C2CCC3(CC2)OOC2(O3)C3CC4CC(C3)CC2C4)cc1)C(=O)O. The van der Waals surface area contributed by atoms with Crippen LogP contribution in [0.15, 0.2) is 24.3 Å². The van der Waals surface area contributed by atoms with E-state index in [1.165, 1.54) is 37.7 Å². The van der Waals surface area contributed by atoms with Gasteiger partial charge in [-0.1, -0.05) is 12.1 Å². The Balaban J connectivity index is 1.10. The molecule has 1 aromatic carbocycles. The topological polar surface area (TPSA) is 74.2 Å². The zero-order valence-corrected chi connectivity index (χ0v) is 19.0. The van der Waals surface area contributed by atoms with E-state index in [0.717, 1.165) is 37.5 Å². The van der Waals surface area contributed by atoms with Gasteiger partial charge in [-0.15, -0.1) is 0 Å². The van der Waals surface area contributed by atoms with E-state index in [1.54, 1.807) is 13.8 Å². The van der Waals surface area contributed by atoms with Crippen molar-refractivity contribution in [1.82, 2.24) is 0 Å². The first-order valence-electron chi connectivity index (χ1n) is 12.4. The van der Waals surface area contributed by atoms with Crippen molar-refractivity contribution in [3.8, 4) is 5.75 Å². The van der Waals surface area contributed by atoms with Crippen LogP contribution in [0.4, 0.5) is 0 Å². The van der Waals surface area contributed by atoms with Gasteiger partial charge in [0.15, 0.2) is 5.60 Å². The van der Waals surface area contributed by atoms with Gasteiger partial charge in [-0.2, -0.15) is 9.78 Å². The van der Waals surface area contributed by atoms with Gasteiger partial charge in [0.2, 0.25) is 11.6 Å². The summed E-state index contributed by atoms with van der Waals surface area (Å²) in [5.41, 5.74) is 0.00706. The summed E-state index contributed by atoms with van der Waals surface area (Å²) in [4.78, 5) is 23.5. The van der Waals surface area contributed by atoms with Crippen LogP contribution in [0.2, 0.25) is 0 Å². The summed E-state index contributed by atoms with van der Waals surface area (Å²) in [5, 5.41) is 9.26. The van der Waals surface area contributed by atoms with Crippen molar-refractivity contribution in [2.45, 2.75) is 94.7 Å². The van der Waals surface area contributed by atoms with Crippen molar-refractivity contribution in [2.24, 2.45) is 23.7 Å². The first kappa shape index (κ1) is 20.9. The summed E-state index contributed by atoms with van der Waals surface area (Å²) in [7, 11) is 0. The van der Waals surface area contributed by atoms with Gasteiger partial charge in [-0.05, 0) is 94.2 Å². The number of aliphatic carboxylic acids is 1. The summed E-state index contributed by atoms with van der Waals surface area (Å²) < 4.78 is 12.5. The minimum absolute atomic E-state index is 0.435. The van der Waals surface area contributed by atoms with Gasteiger partial charge in [0, 0.05) is 24.7 Å². The van der Waals surface area contributed by atoms with Crippen molar-refractivity contribution in [3.63, 3.8) is 0 Å². The lowest BCUT2D eigenvalue weighted by Gasteiger charge is -2.57. The molecule has 7 rings (SSSR count). The molecule has 6 fully saturated rings. The zero-order chi connectivity index (χ0) is 22.1. The minimum Gasteiger partial charge on any atom is -0.478 e. The Morgan fingerprint density at radius 3 is 2.12 bits per heavy atom. The number of benzene rings is 1. The quantitative estimate of drug-likeness (QED) is 0.628. The Hall–Kier alpha value is -1.63. The van der Waals surface area contributed by atoms with Crippen LogP contribution in [0.3, 0.4) is 0 Å². The molecule has 1 N–H and O–H groups in total. The van der Waals surface area contributed by atoms with Gasteiger partial charge in [0.25, 0.3) is 0 Å². The summed E-state index contributed by atoms with van der Waals surface area (Å²) >= 11 is 0. The Morgan fingerprint density at radius 2 is 1.56 bits per heavy atom. The number of hydrogen-bond donors (Lipinski definition) is 1. The van der Waals surface area contributed by atoms with Crippen LogP contribution < -0.4 is 4.74 Å². The molecule has 1 saturated heterocycles.